The number of benzene rings is 1. The first-order valence-electron chi connectivity index (χ1n) is 41.8. The molecule has 1 aromatic carbocycles. The fourth-order valence-electron chi connectivity index (χ4n) is 14.5. The number of nitrogens with zero attached hydrogens (tertiary/aromatic N) is 21. The number of hydrogen-bond acceptors (Lipinski definition) is 37. The Labute approximate surface area is 760 Å². The van der Waals surface area contributed by atoms with Crippen molar-refractivity contribution >= 4 is 133 Å². The van der Waals surface area contributed by atoms with E-state index in [0.717, 1.165) is 63.6 Å². The number of anilines is 4. The number of pyridine rings is 4. The zero-order valence-electron chi connectivity index (χ0n) is 70.1. The highest BCUT2D eigenvalue weighted by molar-refractivity contribution is 7.18. The second-order valence-electron chi connectivity index (χ2n) is 29.6. The van der Waals surface area contributed by atoms with Crippen LogP contribution in [-0.2, 0) is 44.6 Å². The molecular formula is C87H84N28O12S4. The highest BCUT2D eigenvalue weighted by Gasteiger charge is 2.31. The summed E-state index contributed by atoms with van der Waals surface area (Å²) in [5.41, 5.74) is 6.46. The van der Waals surface area contributed by atoms with Crippen molar-refractivity contribution < 1.29 is 48.3 Å². The van der Waals surface area contributed by atoms with Gasteiger partial charge in [-0.1, -0.05) is 35.5 Å². The van der Waals surface area contributed by atoms with Crippen molar-refractivity contribution in [1.29, 1.82) is 0 Å². The molecule has 0 unspecified atom stereocenters. The Morgan fingerprint density at radius 2 is 0.756 bits per heavy atom. The molecule has 0 radical (unpaired) electrons. The second-order valence-corrected chi connectivity index (χ2v) is 33.0. The maximum atomic E-state index is 13.1. The van der Waals surface area contributed by atoms with E-state index in [2.05, 4.69) is 101 Å². The third kappa shape index (κ3) is 21.7. The van der Waals surface area contributed by atoms with Gasteiger partial charge in [-0.15, -0.1) is 55.5 Å². The molecule has 131 heavy (non-hydrogen) atoms. The van der Waals surface area contributed by atoms with Crippen LogP contribution >= 0.6 is 45.3 Å². The van der Waals surface area contributed by atoms with Crippen LogP contribution < -0.4 is 52.2 Å². The van der Waals surface area contributed by atoms with Crippen LogP contribution in [0.15, 0.2) is 172 Å². The fourth-order valence-corrected chi connectivity index (χ4v) is 18.2. The summed E-state index contributed by atoms with van der Waals surface area (Å²) in [6.07, 6.45) is 13.4. The van der Waals surface area contributed by atoms with Crippen LogP contribution in [0.2, 0.25) is 0 Å². The van der Waals surface area contributed by atoms with E-state index in [0.29, 0.717) is 249 Å². The largest absolute Gasteiger partial charge is 0.504 e. The van der Waals surface area contributed by atoms with E-state index >= 15 is 0 Å². The zero-order valence-corrected chi connectivity index (χ0v) is 73.3. The van der Waals surface area contributed by atoms with E-state index in [4.69, 9.17) is 58.8 Å². The summed E-state index contributed by atoms with van der Waals surface area (Å²) in [7, 11) is 0. The molecule has 4 aliphatic heterocycles. The number of rotatable bonds is 24. The van der Waals surface area contributed by atoms with Crippen LogP contribution in [0.4, 0.5) is 23.3 Å². The summed E-state index contributed by atoms with van der Waals surface area (Å²) in [5.74, 6) is 4.42. The molecule has 0 atom stereocenters. The van der Waals surface area contributed by atoms with Crippen LogP contribution in [0.3, 0.4) is 0 Å². The quantitative estimate of drug-likeness (QED) is 0.0267. The normalized spacial score (nSPS) is 13.9. The van der Waals surface area contributed by atoms with Gasteiger partial charge in [-0.05, 0) is 90.7 Å². The van der Waals surface area contributed by atoms with Crippen molar-refractivity contribution in [2.24, 2.45) is 0 Å². The average Bonchev–Trinajstić information content (AvgIpc) is 1.67. The number of phenols is 2. The number of H-pyrrole nitrogens is 3. The monoisotopic (exact) mass is 1840 g/mol. The Kier molecular flexibility index (Phi) is 28.7. The van der Waals surface area contributed by atoms with E-state index in [-0.39, 0.29) is 35.1 Å². The molecule has 0 saturated carbocycles. The van der Waals surface area contributed by atoms with Gasteiger partial charge in [0.15, 0.2) is 40.6 Å². The van der Waals surface area contributed by atoms with Crippen molar-refractivity contribution in [3.05, 3.63) is 228 Å². The Hall–Kier alpha value is -14.7. The molecule has 0 aliphatic carbocycles. The van der Waals surface area contributed by atoms with Gasteiger partial charge in [0.2, 0.25) is 0 Å². The molecule has 16 aromatic rings. The highest BCUT2D eigenvalue weighted by atomic mass is 32.1. The van der Waals surface area contributed by atoms with E-state index in [1.807, 2.05) is 94.3 Å². The molecule has 0 spiro atoms. The molecule has 20 rings (SSSR count). The van der Waals surface area contributed by atoms with Crippen molar-refractivity contribution in [3.63, 3.8) is 0 Å². The van der Waals surface area contributed by atoms with Gasteiger partial charge in [0.05, 0.1) is 96.7 Å². The smallest absolute Gasteiger partial charge is 0.345 e. The Balaban J connectivity index is 0.000000122. The first-order chi connectivity index (χ1) is 64.3. The van der Waals surface area contributed by atoms with Crippen LogP contribution in [0.5, 0.6) is 11.5 Å². The van der Waals surface area contributed by atoms with Crippen LogP contribution in [0.1, 0.15) is 64.1 Å². The topological polar surface area (TPSA) is 507 Å². The lowest BCUT2D eigenvalue weighted by atomic mass is 10.1. The summed E-state index contributed by atoms with van der Waals surface area (Å²) in [5, 5.41) is 54.9. The predicted octanol–water partition coefficient (Wildman–Crippen LogP) is 7.34. The molecular weight excluding hydrogens is 1760 g/mol. The number of aromatic nitrogens is 20. The molecule has 4 amide bonds. The Bertz CT molecular complexity index is 6760. The van der Waals surface area contributed by atoms with Gasteiger partial charge in [-0.2, -0.15) is 5.21 Å². The molecule has 4 saturated heterocycles. The molecule has 40 nitrogen and oxygen atoms in total. The number of aromatic amines is 3. The minimum atomic E-state index is -0.404. The number of carbonyl (C=O) groups is 4. The van der Waals surface area contributed by atoms with Crippen LogP contribution in [0, 0.1) is 0 Å². The van der Waals surface area contributed by atoms with Gasteiger partial charge in [-0.25, -0.2) is 59.4 Å². The van der Waals surface area contributed by atoms with Gasteiger partial charge in [0.25, 0.3) is 23.6 Å². The second kappa shape index (κ2) is 42.5. The molecule has 9 N–H and O–H groups in total. The molecule has 15 aromatic heterocycles. The minimum absolute atomic E-state index is 0.168. The first-order valence-corrected chi connectivity index (χ1v) is 45.4. The summed E-state index contributed by atoms with van der Waals surface area (Å²) >= 11 is 5.65. The van der Waals surface area contributed by atoms with Gasteiger partial charge in [-0.3, -0.25) is 39.1 Å². The van der Waals surface area contributed by atoms with Crippen LogP contribution in [0.25, 0.3) is 86.9 Å². The molecule has 19 heterocycles. The molecule has 44 heteroatoms. The first kappa shape index (κ1) is 88.4. The number of aromatic hydroxyl groups is 2. The van der Waals surface area contributed by atoms with Gasteiger partial charge < -0.3 is 80.0 Å². The van der Waals surface area contributed by atoms with Crippen molar-refractivity contribution in [2.75, 3.05) is 151 Å². The number of carbonyl (C=O) groups excluding carboxylic acids is 4. The number of morpholine rings is 4. The maximum absolute atomic E-state index is 13.1. The van der Waals surface area contributed by atoms with E-state index in [1.165, 1.54) is 69.9 Å². The van der Waals surface area contributed by atoms with E-state index < -0.39 is 11.4 Å². The zero-order chi connectivity index (χ0) is 89.8. The van der Waals surface area contributed by atoms with Gasteiger partial charge in [0, 0.05) is 162 Å². The minimum Gasteiger partial charge on any atom is -0.504 e. The third-order valence-corrected chi connectivity index (χ3v) is 24.5. The lowest BCUT2D eigenvalue weighted by Gasteiger charge is -2.28. The number of amides is 4. The number of phenolic OH excluding ortho intramolecular Hbond substituents is 2. The Morgan fingerprint density at radius 1 is 0.389 bits per heavy atom. The highest BCUT2D eigenvalue weighted by Crippen LogP contribution is 2.40. The number of thiophene rings is 4. The third-order valence-electron chi connectivity index (χ3n) is 21.1. The standard InChI is InChI=1S/C24H23N5O4S.2C22H21N7O3S.C19H19N9O2S/c30-18-5-4-15(13-19(18)31)6-8-26-23(32)16-14-34-24-20(16)22(29-9-11-33-12-10-29)27-21(28-24)17-3-1-2-7-25-17;30-20(24-7-4-14-5-8-25-22(31)26-14)15-13-33-21-17(15)19(29-9-11-32-12-10-29)27-18(28-21)16-3-1-2-6-23-16;30-20(24-6-4-14-11-25-22(31)26-12-14)15-13-33-21-17(15)19(29-7-9-32-10-8-29)27-18(28-21)16-3-1-2-5-23-16;29-18(21-6-4-14-24-26-27-25-14)12-11-31-19-15(12)17(28-7-9-30-10-8-28)22-16(23-19)13-3-1-2-5-20-13/h1-5,7,13-14,30-31H,6,8-12H2,(H,26,32);1-3,5-6,8,13H,4,7,9-12H2,(H,24,30)(H,25,26,31);1-3,5,11-13H,4,6-10H2,(H,24,30)(H,25,26,31);1-3,5,11H,4,6-10H2,(H,21,29)(H,24,25,26,27). The summed E-state index contributed by atoms with van der Waals surface area (Å²) in [4.78, 5) is 154. The molecule has 668 valence electrons. The number of ether oxygens (including phenoxy) is 4. The lowest BCUT2D eigenvalue weighted by molar-refractivity contribution is 0.0947. The van der Waals surface area contributed by atoms with E-state index in [9.17, 15) is 39.0 Å². The van der Waals surface area contributed by atoms with Crippen molar-refractivity contribution in [1.82, 2.24) is 122 Å². The van der Waals surface area contributed by atoms with Crippen LogP contribution in [-0.4, -0.2) is 266 Å². The molecule has 0 bridgehead atoms. The van der Waals surface area contributed by atoms with Gasteiger partial charge >= 0.3 is 11.4 Å². The summed E-state index contributed by atoms with van der Waals surface area (Å²) < 4.78 is 22.0. The summed E-state index contributed by atoms with van der Waals surface area (Å²) in [6.45, 7) is 11.8. The van der Waals surface area contributed by atoms with Crippen molar-refractivity contribution in [3.8, 4) is 57.6 Å². The summed E-state index contributed by atoms with van der Waals surface area (Å²) in [6, 6.07) is 28.8. The fraction of sp³-hybridized carbons (Fsp3) is 0.276. The number of hydrogen-bond donors (Lipinski definition) is 9. The van der Waals surface area contributed by atoms with E-state index in [1.54, 1.807) is 43.1 Å². The number of nitrogens with one attached hydrogen (secondary N) is 7. The molecule has 4 aliphatic rings. The molecule has 4 fully saturated rings. The Morgan fingerprint density at radius 3 is 1.08 bits per heavy atom. The maximum Gasteiger partial charge on any atom is 0.345 e. The average molecular weight is 1840 g/mol. The predicted molar refractivity (Wildman–Crippen MR) is 493 cm³/mol. The van der Waals surface area contributed by atoms with Crippen molar-refractivity contribution in [2.45, 2.75) is 25.7 Å². The van der Waals surface area contributed by atoms with Gasteiger partial charge in [0.1, 0.15) is 65.4 Å². The SMILES string of the molecule is O=C(NCCc1ccc(O)c(O)c1)c1csc2nc(-c3ccccn3)nc(N3CCOCC3)c12.O=C(NCCc1ccnc(=O)[nH]1)c1csc2nc(-c3ccccn3)nc(N3CCOCC3)c12.O=C(NCCc1cnc(=O)[nH]c1)c1csc2nc(-c3ccccn3)nc(N3CCOCC3)c12.O=C(NCCc1nn[nH]n1)c1csc2nc(-c3ccccn3)nc(N3CCOCC3)c12. The lowest BCUT2D eigenvalue weighted by Crippen LogP contribution is -2.37. The number of fused-ring (bicyclic) bond motifs is 4. The number of tetrazole rings is 1.